The van der Waals surface area contributed by atoms with E-state index in [4.69, 9.17) is 0 Å². The van der Waals surface area contributed by atoms with Gasteiger partial charge in [0.05, 0.1) is 0 Å². The molecule has 4 heteroatoms. The van der Waals surface area contributed by atoms with Crippen molar-refractivity contribution in [1.82, 2.24) is 0 Å². The van der Waals surface area contributed by atoms with Gasteiger partial charge >= 0.3 is 0 Å². The van der Waals surface area contributed by atoms with Crippen molar-refractivity contribution in [3.63, 3.8) is 0 Å². The third-order valence-electron chi connectivity index (χ3n) is 11.5. The van der Waals surface area contributed by atoms with Crippen LogP contribution in [0.1, 0.15) is 242 Å². The molecule has 0 aliphatic rings. The van der Waals surface area contributed by atoms with E-state index in [1.807, 2.05) is 0 Å². The maximum atomic E-state index is 11.1. The molecule has 0 bridgehead atoms. The Balaban J connectivity index is 1.61. The Bertz CT molecular complexity index is 1070. The Kier molecular flexibility index (Phi) is 28.2. The zero-order chi connectivity index (χ0) is 38.2. The minimum absolute atomic E-state index is 0.136. The number of unbranched alkanes of at least 4 members (excludes halogenated alkanes) is 30. The summed E-state index contributed by atoms with van der Waals surface area (Å²) in [6.07, 6.45) is 44.1. The third-order valence-corrected chi connectivity index (χ3v) is 11.5. The first-order valence-electron chi connectivity index (χ1n) is 23.0. The highest BCUT2D eigenvalue weighted by atomic mass is 16.3. The van der Waals surface area contributed by atoms with Crippen LogP contribution in [-0.4, -0.2) is 20.4 Å². The number of phenolic OH excluding ortho intramolecular Hbond substituents is 4. The molecule has 0 aromatic heterocycles. The predicted molar refractivity (Wildman–Crippen MR) is 229 cm³/mol. The van der Waals surface area contributed by atoms with Crippen LogP contribution < -0.4 is 0 Å². The summed E-state index contributed by atoms with van der Waals surface area (Å²) in [5, 5.41) is 43.3. The van der Waals surface area contributed by atoms with E-state index < -0.39 is 0 Å². The zero-order valence-corrected chi connectivity index (χ0v) is 34.8. The molecule has 4 N–H and O–H groups in total. The number of hydrogen-bond donors (Lipinski definition) is 4. The first-order valence-corrected chi connectivity index (χ1v) is 23.0. The molecular weight excluding hydrogens is 653 g/mol. The highest BCUT2D eigenvalue weighted by Gasteiger charge is 2.16. The maximum absolute atomic E-state index is 11.1. The molecule has 0 aliphatic heterocycles. The van der Waals surface area contributed by atoms with Crippen molar-refractivity contribution >= 4 is 0 Å². The molecule has 2 rings (SSSR count). The molecule has 2 aromatic carbocycles. The van der Waals surface area contributed by atoms with Crippen molar-refractivity contribution in [3.8, 4) is 23.0 Å². The smallest absolute Gasteiger partial charge is 0.122 e. The van der Waals surface area contributed by atoms with Crippen molar-refractivity contribution in [2.75, 3.05) is 0 Å². The molecule has 0 saturated carbocycles. The summed E-state index contributed by atoms with van der Waals surface area (Å²) in [5.41, 5.74) is 2.70. The fourth-order valence-electron chi connectivity index (χ4n) is 8.07. The average molecular weight is 737 g/mol. The number of hydrogen-bond acceptors (Lipinski definition) is 4. The fourth-order valence-corrected chi connectivity index (χ4v) is 8.07. The van der Waals surface area contributed by atoms with Crippen LogP contribution in [0.25, 0.3) is 0 Å². The lowest BCUT2D eigenvalue weighted by molar-refractivity contribution is 0.440. The molecule has 0 unspecified atom stereocenters. The highest BCUT2D eigenvalue weighted by molar-refractivity contribution is 5.52. The quantitative estimate of drug-likeness (QED) is 0.0415. The van der Waals surface area contributed by atoms with Crippen molar-refractivity contribution in [2.45, 2.75) is 239 Å². The van der Waals surface area contributed by atoms with Crippen molar-refractivity contribution < 1.29 is 20.4 Å². The second-order valence-electron chi connectivity index (χ2n) is 16.5. The lowest BCUT2D eigenvalue weighted by Gasteiger charge is -2.14. The molecule has 0 amide bonds. The molecule has 0 atom stereocenters. The van der Waals surface area contributed by atoms with Gasteiger partial charge in [0.2, 0.25) is 0 Å². The van der Waals surface area contributed by atoms with Gasteiger partial charge in [-0.3, -0.25) is 0 Å². The zero-order valence-electron chi connectivity index (χ0n) is 34.8. The van der Waals surface area contributed by atoms with Gasteiger partial charge in [0, 0.05) is 17.5 Å². The number of phenols is 4. The van der Waals surface area contributed by atoms with Crippen LogP contribution in [0.3, 0.4) is 0 Å². The summed E-state index contributed by atoms with van der Waals surface area (Å²) < 4.78 is 0. The minimum atomic E-state index is 0.136. The Morgan fingerprint density at radius 3 is 0.736 bits per heavy atom. The van der Waals surface area contributed by atoms with Crippen LogP contribution in [0.15, 0.2) is 24.3 Å². The first kappa shape index (κ1) is 46.8. The van der Waals surface area contributed by atoms with Crippen molar-refractivity contribution in [2.24, 2.45) is 0 Å². The highest BCUT2D eigenvalue weighted by Crippen LogP contribution is 2.36. The van der Waals surface area contributed by atoms with Crippen LogP contribution >= 0.6 is 0 Å². The van der Waals surface area contributed by atoms with E-state index in [1.165, 1.54) is 180 Å². The van der Waals surface area contributed by atoms with Crippen LogP contribution in [-0.2, 0) is 19.3 Å². The molecule has 4 nitrogen and oxygen atoms in total. The second-order valence-corrected chi connectivity index (χ2v) is 16.5. The number of benzene rings is 2. The van der Waals surface area contributed by atoms with E-state index in [-0.39, 0.29) is 29.4 Å². The van der Waals surface area contributed by atoms with E-state index in [1.54, 1.807) is 24.3 Å². The van der Waals surface area contributed by atoms with Crippen LogP contribution in [0.2, 0.25) is 0 Å². The maximum Gasteiger partial charge on any atom is 0.122 e. The minimum Gasteiger partial charge on any atom is -0.508 e. The molecule has 0 saturated heterocycles. The first-order chi connectivity index (χ1) is 26.0. The predicted octanol–water partition coefficient (Wildman–Crippen LogP) is 15.7. The Hall–Kier alpha value is -2.36. The SMILES string of the molecule is CCCCCCCCCCCCCCCCCCc1cc(O)cc(Cc2cc(O)cc(CCCCCCCCCCCCCCCCCC)c2O)c1O. The van der Waals surface area contributed by atoms with Gasteiger partial charge in [0.1, 0.15) is 23.0 Å². The molecule has 0 aliphatic carbocycles. The van der Waals surface area contributed by atoms with Crippen molar-refractivity contribution in [1.29, 1.82) is 0 Å². The van der Waals surface area contributed by atoms with Crippen molar-refractivity contribution in [3.05, 3.63) is 46.5 Å². The Morgan fingerprint density at radius 1 is 0.283 bits per heavy atom. The topological polar surface area (TPSA) is 80.9 Å². The molecule has 0 spiro atoms. The molecule has 2 aromatic rings. The van der Waals surface area contributed by atoms with E-state index in [2.05, 4.69) is 13.8 Å². The average Bonchev–Trinajstić information content (AvgIpc) is 3.14. The second kappa shape index (κ2) is 31.9. The number of aromatic hydroxyl groups is 4. The van der Waals surface area contributed by atoms with Gasteiger partial charge in [-0.05, 0) is 61.1 Å². The third kappa shape index (κ3) is 23.2. The Labute approximate surface area is 327 Å². The van der Waals surface area contributed by atoms with Crippen LogP contribution in [0.5, 0.6) is 23.0 Å². The molecule has 0 heterocycles. The van der Waals surface area contributed by atoms with Gasteiger partial charge in [-0.15, -0.1) is 0 Å². The van der Waals surface area contributed by atoms with Gasteiger partial charge in [-0.1, -0.05) is 206 Å². The van der Waals surface area contributed by atoms with Gasteiger partial charge in [0.15, 0.2) is 0 Å². The number of rotatable bonds is 36. The van der Waals surface area contributed by atoms with Gasteiger partial charge in [-0.25, -0.2) is 0 Å². The summed E-state index contributed by atoms with van der Waals surface area (Å²) in [6.45, 7) is 4.56. The van der Waals surface area contributed by atoms with Gasteiger partial charge < -0.3 is 20.4 Å². The summed E-state index contributed by atoms with van der Waals surface area (Å²) in [6, 6.07) is 6.53. The summed E-state index contributed by atoms with van der Waals surface area (Å²) in [4.78, 5) is 0. The lowest BCUT2D eigenvalue weighted by Crippen LogP contribution is -1.97. The summed E-state index contributed by atoms with van der Waals surface area (Å²) in [7, 11) is 0. The van der Waals surface area contributed by atoms with E-state index >= 15 is 0 Å². The van der Waals surface area contributed by atoms with Crippen LogP contribution in [0.4, 0.5) is 0 Å². The molecule has 53 heavy (non-hydrogen) atoms. The largest absolute Gasteiger partial charge is 0.508 e. The Morgan fingerprint density at radius 2 is 0.491 bits per heavy atom. The van der Waals surface area contributed by atoms with E-state index in [0.717, 1.165) is 49.7 Å². The molecule has 0 radical (unpaired) electrons. The summed E-state index contributed by atoms with van der Waals surface area (Å²) >= 11 is 0. The van der Waals surface area contributed by atoms with E-state index in [0.29, 0.717) is 11.1 Å². The van der Waals surface area contributed by atoms with Gasteiger partial charge in [-0.2, -0.15) is 0 Å². The molecule has 304 valence electrons. The lowest BCUT2D eigenvalue weighted by atomic mass is 9.94. The normalized spacial score (nSPS) is 11.5. The van der Waals surface area contributed by atoms with E-state index in [9.17, 15) is 20.4 Å². The summed E-state index contributed by atoms with van der Waals surface area (Å²) in [5.74, 6) is 0.673. The van der Waals surface area contributed by atoms with Gasteiger partial charge in [0.25, 0.3) is 0 Å². The van der Waals surface area contributed by atoms with Crippen LogP contribution in [0, 0.1) is 0 Å². The molecule has 0 fully saturated rings. The molecular formula is C49H84O4. The number of aryl methyl sites for hydroxylation is 2. The fraction of sp³-hybridized carbons (Fsp3) is 0.755. The monoisotopic (exact) mass is 737 g/mol. The standard InChI is InChI=1S/C49H84O4/c1-3-5-7-9-11-13-15-17-19-21-23-25-27-29-31-33-35-42-38-46(50)40-44(48(42)52)37-45-41-47(51)39-43(49(45)53)36-34-32-30-28-26-24-22-20-18-16-14-12-10-8-6-4-2/h38-41,50-53H,3-37H2,1-2H3.